The maximum absolute atomic E-state index is 12.8. The number of hydrogen-bond donors (Lipinski definition) is 1. The number of aromatic nitrogens is 1. The van der Waals surface area contributed by atoms with E-state index in [2.05, 4.69) is 16.4 Å². The van der Waals surface area contributed by atoms with Crippen LogP contribution in [0.4, 0.5) is 5.13 Å². The van der Waals surface area contributed by atoms with Gasteiger partial charge in [-0.25, -0.2) is 13.4 Å². The molecule has 3 aromatic rings. The number of amides is 1. The number of sulfonamides is 1. The monoisotopic (exact) mass is 463 g/mol. The quantitative estimate of drug-likeness (QED) is 0.612. The second-order valence-electron chi connectivity index (χ2n) is 7.49. The van der Waals surface area contributed by atoms with Crippen molar-refractivity contribution < 1.29 is 13.2 Å². The van der Waals surface area contributed by atoms with Gasteiger partial charge in [0.05, 0.1) is 15.1 Å². The van der Waals surface area contributed by atoms with Crippen LogP contribution in [0, 0.1) is 19.8 Å². The van der Waals surface area contributed by atoms with Crippen LogP contribution in [-0.2, 0) is 14.8 Å². The van der Waals surface area contributed by atoms with Gasteiger partial charge in [0.1, 0.15) is 0 Å². The molecule has 1 aromatic heterocycles. The fourth-order valence-corrected chi connectivity index (χ4v) is 6.12. The Labute approximate surface area is 184 Å². The predicted octanol–water partition coefficient (Wildman–Crippen LogP) is 4.61. The predicted molar refractivity (Wildman–Crippen MR) is 121 cm³/mol. The summed E-state index contributed by atoms with van der Waals surface area (Å²) < 4.78 is 28.1. The first-order valence-electron chi connectivity index (χ1n) is 9.69. The van der Waals surface area contributed by atoms with Crippen molar-refractivity contribution in [2.75, 3.05) is 18.4 Å². The summed E-state index contributed by atoms with van der Waals surface area (Å²) in [6.45, 7) is 4.68. The van der Waals surface area contributed by atoms with Crippen LogP contribution in [0.5, 0.6) is 0 Å². The molecule has 0 radical (unpaired) electrons. The molecule has 2 heterocycles. The van der Waals surface area contributed by atoms with Crippen LogP contribution < -0.4 is 5.32 Å². The van der Waals surface area contributed by atoms with Gasteiger partial charge in [0, 0.05) is 24.0 Å². The maximum atomic E-state index is 12.8. The number of rotatable bonds is 4. The molecule has 4 rings (SSSR count). The molecule has 30 heavy (non-hydrogen) atoms. The highest BCUT2D eigenvalue weighted by molar-refractivity contribution is 7.89. The van der Waals surface area contributed by atoms with E-state index in [1.54, 1.807) is 12.1 Å². The maximum Gasteiger partial charge on any atom is 0.243 e. The normalized spacial score (nSPS) is 16.1. The zero-order valence-corrected chi connectivity index (χ0v) is 19.1. The van der Waals surface area contributed by atoms with Gasteiger partial charge in [0.25, 0.3) is 0 Å². The molecule has 1 N–H and O–H groups in total. The smallest absolute Gasteiger partial charge is 0.243 e. The number of fused-ring (bicyclic) bond motifs is 1. The van der Waals surface area contributed by atoms with Crippen LogP contribution in [0.15, 0.2) is 41.3 Å². The standard InChI is InChI=1S/C21H22ClN3O3S2/c1-13-3-8-18-19(14(13)2)23-21(29-18)24-20(26)15-9-11-25(12-10-15)30(27,28)17-6-4-16(22)5-7-17/h3-8,15H,9-12H2,1-2H3,(H,23,24,26). The summed E-state index contributed by atoms with van der Waals surface area (Å²) in [6, 6.07) is 10.2. The number of hydrogen-bond acceptors (Lipinski definition) is 5. The van der Waals surface area contributed by atoms with Gasteiger partial charge >= 0.3 is 0 Å². The number of aryl methyl sites for hydroxylation is 2. The minimum absolute atomic E-state index is 0.105. The van der Waals surface area contributed by atoms with Crippen LogP contribution in [-0.4, -0.2) is 36.7 Å². The number of anilines is 1. The molecule has 0 atom stereocenters. The van der Waals surface area contributed by atoms with Crippen molar-refractivity contribution in [1.29, 1.82) is 0 Å². The number of benzene rings is 2. The van der Waals surface area contributed by atoms with E-state index in [4.69, 9.17) is 11.6 Å². The van der Waals surface area contributed by atoms with Crippen LogP contribution in [0.2, 0.25) is 5.02 Å². The van der Waals surface area contributed by atoms with E-state index in [1.807, 2.05) is 19.9 Å². The van der Waals surface area contributed by atoms with E-state index in [-0.39, 0.29) is 16.7 Å². The number of carbonyl (C=O) groups is 1. The molecule has 9 heteroatoms. The van der Waals surface area contributed by atoms with Crippen LogP contribution >= 0.6 is 22.9 Å². The number of halogens is 1. The molecule has 158 valence electrons. The first kappa shape index (κ1) is 21.2. The average molecular weight is 464 g/mol. The lowest BCUT2D eigenvalue weighted by atomic mass is 9.97. The first-order chi connectivity index (χ1) is 14.3. The van der Waals surface area contributed by atoms with E-state index < -0.39 is 10.0 Å². The van der Waals surface area contributed by atoms with Crippen molar-refractivity contribution in [3.63, 3.8) is 0 Å². The van der Waals surface area contributed by atoms with Gasteiger partial charge in [-0.3, -0.25) is 4.79 Å². The highest BCUT2D eigenvalue weighted by Crippen LogP contribution is 2.31. The highest BCUT2D eigenvalue weighted by atomic mass is 35.5. The number of carbonyl (C=O) groups excluding carboxylic acids is 1. The van der Waals surface area contributed by atoms with Gasteiger partial charge < -0.3 is 5.32 Å². The molecule has 1 fully saturated rings. The minimum Gasteiger partial charge on any atom is -0.302 e. The Morgan fingerprint density at radius 1 is 1.13 bits per heavy atom. The molecule has 0 unspecified atom stereocenters. The molecule has 0 saturated carbocycles. The van der Waals surface area contributed by atoms with E-state index in [0.29, 0.717) is 36.1 Å². The van der Waals surface area contributed by atoms with Crippen molar-refractivity contribution in [3.05, 3.63) is 52.5 Å². The molecule has 1 aliphatic rings. The van der Waals surface area contributed by atoms with Crippen molar-refractivity contribution in [2.45, 2.75) is 31.6 Å². The zero-order valence-electron chi connectivity index (χ0n) is 16.7. The fourth-order valence-electron chi connectivity index (χ4n) is 3.60. The number of piperidine rings is 1. The lowest BCUT2D eigenvalue weighted by Gasteiger charge is -2.30. The van der Waals surface area contributed by atoms with Crippen LogP contribution in [0.3, 0.4) is 0 Å². The van der Waals surface area contributed by atoms with Crippen LogP contribution in [0.1, 0.15) is 24.0 Å². The molecule has 6 nitrogen and oxygen atoms in total. The summed E-state index contributed by atoms with van der Waals surface area (Å²) in [7, 11) is -3.58. The Morgan fingerprint density at radius 2 is 1.80 bits per heavy atom. The van der Waals surface area contributed by atoms with E-state index in [0.717, 1.165) is 15.8 Å². The van der Waals surface area contributed by atoms with Crippen molar-refractivity contribution in [3.8, 4) is 0 Å². The van der Waals surface area contributed by atoms with E-state index in [1.165, 1.54) is 33.3 Å². The van der Waals surface area contributed by atoms with Crippen molar-refractivity contribution in [2.24, 2.45) is 5.92 Å². The Hall–Kier alpha value is -2.00. The SMILES string of the molecule is Cc1ccc2sc(NC(=O)C3CCN(S(=O)(=O)c4ccc(Cl)cc4)CC3)nc2c1C. The van der Waals surface area contributed by atoms with Crippen molar-refractivity contribution >= 4 is 54.2 Å². The Kier molecular flexibility index (Phi) is 5.85. The van der Waals surface area contributed by atoms with Gasteiger partial charge in [0.2, 0.25) is 15.9 Å². The van der Waals surface area contributed by atoms with Crippen molar-refractivity contribution in [1.82, 2.24) is 9.29 Å². The third-order valence-corrected chi connectivity index (χ3v) is 8.69. The lowest BCUT2D eigenvalue weighted by molar-refractivity contribution is -0.120. The molecular weight excluding hydrogens is 442 g/mol. The molecule has 1 aliphatic heterocycles. The minimum atomic E-state index is -3.58. The second-order valence-corrected chi connectivity index (χ2v) is 10.9. The number of nitrogens with one attached hydrogen (secondary N) is 1. The third-order valence-electron chi connectivity index (χ3n) is 5.59. The van der Waals surface area contributed by atoms with E-state index in [9.17, 15) is 13.2 Å². The van der Waals surface area contributed by atoms with E-state index >= 15 is 0 Å². The largest absolute Gasteiger partial charge is 0.302 e. The fraction of sp³-hybridized carbons (Fsp3) is 0.333. The molecule has 0 spiro atoms. The summed E-state index contributed by atoms with van der Waals surface area (Å²) in [6.07, 6.45) is 0.948. The number of thiazole rings is 1. The first-order valence-corrected chi connectivity index (χ1v) is 12.3. The van der Waals surface area contributed by atoms with Gasteiger partial charge in [-0.05, 0) is 68.1 Å². The molecule has 1 saturated heterocycles. The Bertz CT molecular complexity index is 1200. The Morgan fingerprint density at radius 3 is 2.47 bits per heavy atom. The third kappa shape index (κ3) is 4.09. The van der Waals surface area contributed by atoms with Gasteiger partial charge in [-0.2, -0.15) is 4.31 Å². The van der Waals surface area contributed by atoms with Crippen LogP contribution in [0.25, 0.3) is 10.2 Å². The van der Waals surface area contributed by atoms with Gasteiger partial charge in [-0.1, -0.05) is 29.0 Å². The molecule has 1 amide bonds. The van der Waals surface area contributed by atoms with Gasteiger partial charge in [0.15, 0.2) is 5.13 Å². The second kappa shape index (κ2) is 8.26. The number of nitrogens with zero attached hydrogens (tertiary/aromatic N) is 2. The van der Waals surface area contributed by atoms with Gasteiger partial charge in [-0.15, -0.1) is 0 Å². The summed E-state index contributed by atoms with van der Waals surface area (Å²) in [5.74, 6) is -0.344. The molecular formula is C21H22ClN3O3S2. The average Bonchev–Trinajstić information content (AvgIpc) is 3.14. The molecule has 0 bridgehead atoms. The Balaban J connectivity index is 1.41. The summed E-state index contributed by atoms with van der Waals surface area (Å²) in [5, 5.41) is 4.00. The topological polar surface area (TPSA) is 79.4 Å². The summed E-state index contributed by atoms with van der Waals surface area (Å²) in [5.41, 5.74) is 3.20. The summed E-state index contributed by atoms with van der Waals surface area (Å²) >= 11 is 7.31. The lowest BCUT2D eigenvalue weighted by Crippen LogP contribution is -2.41. The molecule has 2 aromatic carbocycles. The highest BCUT2D eigenvalue weighted by Gasteiger charge is 2.32. The zero-order chi connectivity index (χ0) is 21.5. The summed E-state index contributed by atoms with van der Waals surface area (Å²) in [4.78, 5) is 17.5. The molecule has 0 aliphatic carbocycles.